The second kappa shape index (κ2) is 7.20. The molecule has 1 aromatic carbocycles. The van der Waals surface area contributed by atoms with E-state index in [9.17, 15) is 9.90 Å². The number of amides is 1. The molecule has 32 heavy (non-hydrogen) atoms. The van der Waals surface area contributed by atoms with Crippen LogP contribution in [0.3, 0.4) is 0 Å². The molecule has 0 atom stereocenters. The van der Waals surface area contributed by atoms with Gasteiger partial charge in [-0.15, -0.1) is 0 Å². The van der Waals surface area contributed by atoms with Crippen molar-refractivity contribution in [2.75, 3.05) is 18.0 Å². The average molecular weight is 428 g/mol. The van der Waals surface area contributed by atoms with E-state index in [0.717, 1.165) is 65.2 Å². The van der Waals surface area contributed by atoms with Gasteiger partial charge < -0.3 is 19.9 Å². The molecular formula is C24H24N6O2. The molecule has 0 unspecified atom stereocenters. The first-order valence-electron chi connectivity index (χ1n) is 10.9. The van der Waals surface area contributed by atoms with Gasteiger partial charge in [-0.3, -0.25) is 4.79 Å². The molecular weight excluding hydrogens is 404 g/mol. The number of fused-ring (bicyclic) bond motifs is 2. The molecule has 1 fully saturated rings. The predicted octanol–water partition coefficient (Wildman–Crippen LogP) is 2.63. The number of nitrogens with zero attached hydrogens (tertiary/aromatic N) is 5. The second-order valence-corrected chi connectivity index (χ2v) is 8.53. The first-order chi connectivity index (χ1) is 15.6. The number of aryl methyl sites for hydroxylation is 1. The third-order valence-corrected chi connectivity index (χ3v) is 6.61. The van der Waals surface area contributed by atoms with Crippen LogP contribution >= 0.6 is 0 Å². The van der Waals surface area contributed by atoms with Gasteiger partial charge in [-0.1, -0.05) is 6.07 Å². The zero-order chi connectivity index (χ0) is 21.8. The zero-order valence-corrected chi connectivity index (χ0v) is 17.8. The lowest BCUT2D eigenvalue weighted by molar-refractivity contribution is 0.0965. The summed E-state index contributed by atoms with van der Waals surface area (Å²) in [6.07, 6.45) is 7.00. The molecule has 2 aliphatic heterocycles. The fourth-order valence-corrected chi connectivity index (χ4v) is 4.88. The van der Waals surface area contributed by atoms with Crippen LogP contribution in [0, 0.1) is 0 Å². The van der Waals surface area contributed by atoms with E-state index < -0.39 is 0 Å². The maximum absolute atomic E-state index is 12.8. The van der Waals surface area contributed by atoms with E-state index in [1.54, 1.807) is 4.68 Å². The number of benzene rings is 1. The minimum absolute atomic E-state index is 0.0756. The van der Waals surface area contributed by atoms with Gasteiger partial charge in [0.15, 0.2) is 5.82 Å². The van der Waals surface area contributed by atoms with Crippen LogP contribution in [0.1, 0.15) is 28.8 Å². The molecule has 0 bridgehead atoms. The zero-order valence-electron chi connectivity index (χ0n) is 17.8. The minimum Gasteiger partial charge on any atom is -0.393 e. The van der Waals surface area contributed by atoms with Crippen molar-refractivity contribution in [3.05, 3.63) is 60.0 Å². The normalized spacial score (nSPS) is 16.6. The molecule has 8 heteroatoms. The number of aromatic nitrogens is 4. The average Bonchev–Trinajstić information content (AvgIpc) is 3.54. The number of anilines is 1. The highest BCUT2D eigenvalue weighted by Gasteiger charge is 2.28. The summed E-state index contributed by atoms with van der Waals surface area (Å²) in [5.41, 5.74) is 5.47. The van der Waals surface area contributed by atoms with E-state index in [1.165, 1.54) is 0 Å². The standard InChI is InChI=1S/C24H24N6O2/c1-28-10-7-18-17(4-9-25-23(18)28)16-2-3-20(22-19(16)14-26-24(22)32)30-13-8-21(27-30)29-11-5-15(31)6-12-29/h2-4,7-10,13,15,31H,5-6,11-12,14H2,1H3,(H,26,32). The van der Waals surface area contributed by atoms with Gasteiger partial charge in [-0.05, 0) is 47.7 Å². The Kier molecular flexibility index (Phi) is 4.29. The summed E-state index contributed by atoms with van der Waals surface area (Å²) in [6, 6.07) is 10.1. The quantitative estimate of drug-likeness (QED) is 0.524. The van der Waals surface area contributed by atoms with Gasteiger partial charge in [0.1, 0.15) is 5.65 Å². The topological polar surface area (TPSA) is 88.2 Å². The van der Waals surface area contributed by atoms with Gasteiger partial charge in [0.25, 0.3) is 5.91 Å². The van der Waals surface area contributed by atoms with Crippen molar-refractivity contribution in [2.24, 2.45) is 7.05 Å². The number of carbonyl (C=O) groups excluding carboxylic acids is 1. The Morgan fingerprint density at radius 2 is 1.91 bits per heavy atom. The summed E-state index contributed by atoms with van der Waals surface area (Å²) in [5.74, 6) is 0.793. The lowest BCUT2D eigenvalue weighted by Gasteiger charge is -2.29. The molecule has 1 saturated heterocycles. The highest BCUT2D eigenvalue weighted by molar-refractivity contribution is 6.05. The summed E-state index contributed by atoms with van der Waals surface area (Å²) in [5, 5.41) is 18.6. The first kappa shape index (κ1) is 19.1. The molecule has 0 aliphatic carbocycles. The largest absolute Gasteiger partial charge is 0.393 e. The molecule has 1 amide bonds. The number of aliphatic hydroxyl groups is 1. The maximum Gasteiger partial charge on any atom is 0.254 e. The van der Waals surface area contributed by atoms with Gasteiger partial charge in [0, 0.05) is 56.7 Å². The Balaban J connectivity index is 1.44. The van der Waals surface area contributed by atoms with Crippen LogP contribution in [-0.4, -0.2) is 49.5 Å². The fourth-order valence-electron chi connectivity index (χ4n) is 4.88. The van der Waals surface area contributed by atoms with Crippen molar-refractivity contribution in [3.8, 4) is 16.8 Å². The van der Waals surface area contributed by atoms with Crippen molar-refractivity contribution in [2.45, 2.75) is 25.5 Å². The van der Waals surface area contributed by atoms with Crippen LogP contribution in [0.4, 0.5) is 5.82 Å². The molecule has 0 spiro atoms. The van der Waals surface area contributed by atoms with E-state index in [-0.39, 0.29) is 12.0 Å². The van der Waals surface area contributed by atoms with Crippen molar-refractivity contribution in [3.63, 3.8) is 0 Å². The number of carbonyl (C=O) groups is 1. The minimum atomic E-state index is -0.225. The van der Waals surface area contributed by atoms with Crippen molar-refractivity contribution in [1.82, 2.24) is 24.6 Å². The molecule has 0 radical (unpaired) electrons. The van der Waals surface area contributed by atoms with Crippen molar-refractivity contribution in [1.29, 1.82) is 0 Å². The third-order valence-electron chi connectivity index (χ3n) is 6.61. The van der Waals surface area contributed by atoms with E-state index >= 15 is 0 Å². The van der Waals surface area contributed by atoms with Crippen LogP contribution < -0.4 is 10.2 Å². The number of aliphatic hydroxyl groups excluding tert-OH is 1. The van der Waals surface area contributed by atoms with Crippen molar-refractivity contribution < 1.29 is 9.90 Å². The Bertz CT molecular complexity index is 1350. The summed E-state index contributed by atoms with van der Waals surface area (Å²) in [4.78, 5) is 19.5. The van der Waals surface area contributed by atoms with Gasteiger partial charge in [-0.2, -0.15) is 5.10 Å². The van der Waals surface area contributed by atoms with Crippen molar-refractivity contribution >= 4 is 22.8 Å². The molecule has 8 nitrogen and oxygen atoms in total. The number of piperidine rings is 1. The Morgan fingerprint density at radius 3 is 2.75 bits per heavy atom. The Morgan fingerprint density at radius 1 is 1.06 bits per heavy atom. The fraction of sp³-hybridized carbons (Fsp3) is 0.292. The van der Waals surface area contributed by atoms with Crippen LogP contribution in [0.15, 0.2) is 48.9 Å². The third kappa shape index (κ3) is 2.90. The lowest BCUT2D eigenvalue weighted by Crippen LogP contribution is -2.36. The van der Waals surface area contributed by atoms with Crippen LogP contribution in [0.25, 0.3) is 27.8 Å². The highest BCUT2D eigenvalue weighted by Crippen LogP contribution is 2.36. The number of pyridine rings is 1. The molecule has 0 saturated carbocycles. The van der Waals surface area contributed by atoms with Crippen LogP contribution in [0.2, 0.25) is 0 Å². The Labute approximate surface area is 185 Å². The molecule has 5 heterocycles. The van der Waals surface area contributed by atoms with Gasteiger partial charge in [0.2, 0.25) is 0 Å². The molecule has 6 rings (SSSR count). The van der Waals surface area contributed by atoms with Crippen LogP contribution in [-0.2, 0) is 13.6 Å². The molecule has 4 aromatic rings. The molecule has 3 aromatic heterocycles. The predicted molar refractivity (Wildman–Crippen MR) is 122 cm³/mol. The molecule has 162 valence electrons. The molecule has 2 N–H and O–H groups in total. The monoisotopic (exact) mass is 428 g/mol. The van der Waals surface area contributed by atoms with Gasteiger partial charge in [-0.25, -0.2) is 9.67 Å². The Hall–Kier alpha value is -3.65. The molecule has 2 aliphatic rings. The van der Waals surface area contributed by atoms with E-state index in [4.69, 9.17) is 5.10 Å². The number of hydrogen-bond donors (Lipinski definition) is 2. The van der Waals surface area contributed by atoms with E-state index in [1.807, 2.05) is 48.4 Å². The first-order valence-corrected chi connectivity index (χ1v) is 10.9. The smallest absolute Gasteiger partial charge is 0.254 e. The highest BCUT2D eigenvalue weighted by atomic mass is 16.3. The number of hydrogen-bond acceptors (Lipinski definition) is 5. The van der Waals surface area contributed by atoms with E-state index in [2.05, 4.69) is 27.3 Å². The van der Waals surface area contributed by atoms with Gasteiger partial charge >= 0.3 is 0 Å². The summed E-state index contributed by atoms with van der Waals surface area (Å²) < 4.78 is 3.79. The summed E-state index contributed by atoms with van der Waals surface area (Å²) in [7, 11) is 1.98. The SMILES string of the molecule is Cn1ccc2c(-c3ccc(-n4ccc(N5CCC(O)CC5)n4)c4c3CNC4=O)ccnc21. The summed E-state index contributed by atoms with van der Waals surface area (Å²) >= 11 is 0. The lowest BCUT2D eigenvalue weighted by atomic mass is 9.94. The van der Waals surface area contributed by atoms with Crippen LogP contribution in [0.5, 0.6) is 0 Å². The second-order valence-electron chi connectivity index (χ2n) is 8.53. The number of rotatable bonds is 3. The van der Waals surface area contributed by atoms with Gasteiger partial charge in [0.05, 0.1) is 17.4 Å². The summed E-state index contributed by atoms with van der Waals surface area (Å²) in [6.45, 7) is 2.06. The van der Waals surface area contributed by atoms with E-state index in [0.29, 0.717) is 12.1 Å². The number of nitrogens with one attached hydrogen (secondary N) is 1. The maximum atomic E-state index is 12.8.